The Morgan fingerprint density at radius 2 is 1.67 bits per heavy atom. The number of nitrogens with one attached hydrogen (secondary N) is 1. The summed E-state index contributed by atoms with van der Waals surface area (Å²) in [6, 6.07) is 12.4. The van der Waals surface area contributed by atoms with Crippen molar-refractivity contribution >= 4 is 46.2 Å². The maximum atomic E-state index is 11.9. The van der Waals surface area contributed by atoms with Gasteiger partial charge in [0.1, 0.15) is 0 Å². The summed E-state index contributed by atoms with van der Waals surface area (Å²) in [5, 5.41) is 1.98. The first-order valence-electron chi connectivity index (χ1n) is 6.17. The number of rotatable bonds is 3. The molecule has 5 heteroatoms. The van der Waals surface area contributed by atoms with Crippen molar-refractivity contribution in [2.75, 3.05) is 0 Å². The summed E-state index contributed by atoms with van der Waals surface area (Å²) in [5.41, 5.74) is 2.44. The average molecular weight is 318 g/mol. The number of ketones is 1. The zero-order valence-electron chi connectivity index (χ0n) is 10.7. The van der Waals surface area contributed by atoms with Gasteiger partial charge in [-0.05, 0) is 29.8 Å². The number of carbonyl (C=O) groups is 2. The number of aldehydes is 1. The molecule has 0 unspecified atom stereocenters. The van der Waals surface area contributed by atoms with E-state index in [-0.39, 0.29) is 5.69 Å². The Kier molecular flexibility index (Phi) is 3.53. The van der Waals surface area contributed by atoms with Crippen LogP contribution in [-0.2, 0) is 4.79 Å². The van der Waals surface area contributed by atoms with Gasteiger partial charge < -0.3 is 4.98 Å². The molecule has 0 bridgehead atoms. The summed E-state index contributed by atoms with van der Waals surface area (Å²) in [5.74, 6) is -0.604. The molecule has 2 aromatic carbocycles. The van der Waals surface area contributed by atoms with Crippen LogP contribution in [0.4, 0.5) is 0 Å². The van der Waals surface area contributed by atoms with Crippen molar-refractivity contribution in [2.24, 2.45) is 0 Å². The van der Waals surface area contributed by atoms with E-state index >= 15 is 0 Å². The van der Waals surface area contributed by atoms with Gasteiger partial charge in [0.25, 0.3) is 0 Å². The molecule has 0 aliphatic carbocycles. The fourth-order valence-electron chi connectivity index (χ4n) is 2.33. The number of hydrogen-bond donors (Lipinski definition) is 1. The summed E-state index contributed by atoms with van der Waals surface area (Å²) in [4.78, 5) is 25.7. The van der Waals surface area contributed by atoms with E-state index in [0.717, 1.165) is 10.9 Å². The molecule has 21 heavy (non-hydrogen) atoms. The maximum Gasteiger partial charge on any atom is 0.242 e. The van der Waals surface area contributed by atoms with Crippen molar-refractivity contribution in [2.45, 2.75) is 0 Å². The van der Waals surface area contributed by atoms with Crippen molar-refractivity contribution in [3.63, 3.8) is 0 Å². The minimum Gasteiger partial charge on any atom is -0.351 e. The van der Waals surface area contributed by atoms with Crippen LogP contribution in [0.15, 0.2) is 42.5 Å². The highest BCUT2D eigenvalue weighted by atomic mass is 35.5. The lowest BCUT2D eigenvalue weighted by atomic mass is 10.0. The van der Waals surface area contributed by atoms with Crippen LogP contribution in [0.25, 0.3) is 22.0 Å². The number of benzene rings is 2. The minimum absolute atomic E-state index is 0.254. The van der Waals surface area contributed by atoms with Crippen LogP contribution in [0.2, 0.25) is 10.0 Å². The van der Waals surface area contributed by atoms with Crippen LogP contribution >= 0.6 is 23.2 Å². The Morgan fingerprint density at radius 1 is 1.00 bits per heavy atom. The van der Waals surface area contributed by atoms with E-state index in [1.54, 1.807) is 36.4 Å². The fourth-order valence-corrected chi connectivity index (χ4v) is 2.63. The number of hydrogen-bond acceptors (Lipinski definition) is 2. The summed E-state index contributed by atoms with van der Waals surface area (Å²) in [6.07, 6.45) is 0.297. The second-order valence-corrected chi connectivity index (χ2v) is 5.43. The average Bonchev–Trinajstić information content (AvgIpc) is 2.85. The quantitative estimate of drug-likeness (QED) is 0.438. The topological polar surface area (TPSA) is 49.9 Å². The first-order chi connectivity index (χ1) is 10.1. The van der Waals surface area contributed by atoms with Gasteiger partial charge in [0.2, 0.25) is 5.78 Å². The zero-order chi connectivity index (χ0) is 15.0. The van der Waals surface area contributed by atoms with Gasteiger partial charge in [-0.25, -0.2) is 0 Å². The second-order valence-electron chi connectivity index (χ2n) is 4.55. The lowest BCUT2D eigenvalue weighted by Crippen LogP contribution is -2.02. The molecule has 3 rings (SSSR count). The second kappa shape index (κ2) is 5.35. The number of H-pyrrole nitrogens is 1. The van der Waals surface area contributed by atoms with E-state index in [1.807, 2.05) is 6.07 Å². The van der Waals surface area contributed by atoms with Crippen molar-refractivity contribution in [3.8, 4) is 11.1 Å². The third kappa shape index (κ3) is 2.46. The number of aromatic amines is 1. The van der Waals surface area contributed by atoms with Gasteiger partial charge in [-0.2, -0.15) is 0 Å². The van der Waals surface area contributed by atoms with Gasteiger partial charge in [0, 0.05) is 26.5 Å². The summed E-state index contributed by atoms with van der Waals surface area (Å²) in [7, 11) is 0. The molecule has 0 saturated carbocycles. The number of halogens is 2. The van der Waals surface area contributed by atoms with E-state index in [1.165, 1.54) is 0 Å². The van der Waals surface area contributed by atoms with E-state index in [0.29, 0.717) is 27.4 Å². The molecule has 0 spiro atoms. The molecular weight excluding hydrogens is 309 g/mol. The SMILES string of the molecule is O=CC(=O)c1[nH]c2cc(Cl)ccc2c1-c1ccc(Cl)cc1. The molecule has 1 aromatic heterocycles. The van der Waals surface area contributed by atoms with Gasteiger partial charge in [-0.1, -0.05) is 41.4 Å². The number of carbonyl (C=O) groups excluding carboxylic acids is 2. The first kappa shape index (κ1) is 13.9. The molecule has 3 nitrogen and oxygen atoms in total. The highest BCUT2D eigenvalue weighted by Gasteiger charge is 2.18. The molecule has 1 N–H and O–H groups in total. The first-order valence-corrected chi connectivity index (χ1v) is 6.92. The van der Waals surface area contributed by atoms with E-state index < -0.39 is 5.78 Å². The largest absolute Gasteiger partial charge is 0.351 e. The monoisotopic (exact) mass is 317 g/mol. The lowest BCUT2D eigenvalue weighted by molar-refractivity contribution is -0.104. The van der Waals surface area contributed by atoms with Crippen LogP contribution < -0.4 is 0 Å². The Balaban J connectivity index is 2.34. The summed E-state index contributed by atoms with van der Waals surface area (Å²) < 4.78 is 0. The van der Waals surface area contributed by atoms with E-state index in [4.69, 9.17) is 23.2 Å². The normalized spacial score (nSPS) is 10.8. The van der Waals surface area contributed by atoms with Crippen LogP contribution in [-0.4, -0.2) is 17.1 Å². The minimum atomic E-state index is -0.604. The van der Waals surface area contributed by atoms with Gasteiger partial charge >= 0.3 is 0 Å². The Bertz CT molecular complexity index is 851. The van der Waals surface area contributed by atoms with Crippen molar-refractivity contribution in [1.82, 2.24) is 4.98 Å². The molecule has 1 heterocycles. The maximum absolute atomic E-state index is 11.9. The molecular formula is C16H9Cl2NO2. The smallest absolute Gasteiger partial charge is 0.242 e. The molecule has 0 fully saturated rings. The van der Waals surface area contributed by atoms with Crippen molar-refractivity contribution in [3.05, 3.63) is 58.2 Å². The molecule has 0 aliphatic heterocycles. The molecule has 0 saturated heterocycles. The van der Waals surface area contributed by atoms with Crippen molar-refractivity contribution < 1.29 is 9.59 Å². The predicted molar refractivity (Wildman–Crippen MR) is 84.1 cm³/mol. The zero-order valence-corrected chi connectivity index (χ0v) is 12.2. The Labute approximate surface area is 130 Å². The number of aromatic nitrogens is 1. The number of fused-ring (bicyclic) bond motifs is 1. The summed E-state index contributed by atoms with van der Waals surface area (Å²) in [6.45, 7) is 0. The standard InChI is InChI=1S/C16H9Cl2NO2/c17-10-3-1-9(2-4-10)15-12-6-5-11(18)7-13(12)19-16(15)14(21)8-20/h1-8,19H. The Hall–Kier alpha value is -2.10. The van der Waals surface area contributed by atoms with Crippen LogP contribution in [0.1, 0.15) is 10.5 Å². The van der Waals surface area contributed by atoms with E-state index in [9.17, 15) is 9.59 Å². The highest BCUT2D eigenvalue weighted by molar-refractivity contribution is 6.36. The van der Waals surface area contributed by atoms with Crippen LogP contribution in [0.3, 0.4) is 0 Å². The van der Waals surface area contributed by atoms with Gasteiger partial charge in [0.05, 0.1) is 5.69 Å². The molecule has 0 radical (unpaired) electrons. The highest BCUT2D eigenvalue weighted by Crippen LogP contribution is 2.34. The molecule has 0 amide bonds. The van der Waals surface area contributed by atoms with Gasteiger partial charge in [-0.3, -0.25) is 9.59 Å². The van der Waals surface area contributed by atoms with Crippen molar-refractivity contribution in [1.29, 1.82) is 0 Å². The predicted octanol–water partition coefficient (Wildman–Crippen LogP) is 4.52. The van der Waals surface area contributed by atoms with Crippen LogP contribution in [0.5, 0.6) is 0 Å². The lowest BCUT2D eigenvalue weighted by Gasteiger charge is -2.03. The molecule has 3 aromatic rings. The molecule has 0 atom stereocenters. The third-order valence-electron chi connectivity index (χ3n) is 3.25. The summed E-state index contributed by atoms with van der Waals surface area (Å²) >= 11 is 11.9. The molecule has 104 valence electrons. The Morgan fingerprint density at radius 3 is 2.33 bits per heavy atom. The molecule has 0 aliphatic rings. The van der Waals surface area contributed by atoms with Gasteiger partial charge in [0.15, 0.2) is 6.29 Å². The van der Waals surface area contributed by atoms with Gasteiger partial charge in [-0.15, -0.1) is 0 Å². The fraction of sp³-hybridized carbons (Fsp3) is 0. The van der Waals surface area contributed by atoms with E-state index in [2.05, 4.69) is 4.98 Å². The van der Waals surface area contributed by atoms with Crippen LogP contribution in [0, 0.1) is 0 Å². The third-order valence-corrected chi connectivity index (χ3v) is 3.73. The number of Topliss-reactive ketones (excluding diaryl/α,β-unsaturated/α-hetero) is 1.